The fourth-order valence-electron chi connectivity index (χ4n) is 2.13. The summed E-state index contributed by atoms with van der Waals surface area (Å²) in [6.07, 6.45) is 0. The minimum atomic E-state index is -0.00350. The predicted molar refractivity (Wildman–Crippen MR) is 85.4 cm³/mol. The molecular formula is C17H13ClOS. The van der Waals surface area contributed by atoms with Crippen LogP contribution in [0.2, 0.25) is 5.02 Å². The summed E-state index contributed by atoms with van der Waals surface area (Å²) < 4.78 is 0. The first kappa shape index (κ1) is 13.5. The molecule has 0 aliphatic carbocycles. The Hall–Kier alpha value is -1.48. The Morgan fingerprint density at radius 2 is 1.70 bits per heavy atom. The molecule has 100 valence electrons. The van der Waals surface area contributed by atoms with Gasteiger partial charge in [0.2, 0.25) is 0 Å². The minimum absolute atomic E-state index is 0.00350. The Kier molecular flexibility index (Phi) is 3.97. The lowest BCUT2D eigenvalue weighted by Gasteiger charge is -2.08. The van der Waals surface area contributed by atoms with Crippen molar-refractivity contribution in [3.05, 3.63) is 71.2 Å². The van der Waals surface area contributed by atoms with E-state index in [2.05, 4.69) is 30.3 Å². The molecule has 3 rings (SSSR count). The standard InChI is InChI=1S/C17H13ClOS/c18-15-6-8-17(14(9-15)11-19)20-16-7-5-12-3-1-2-4-13(12)10-16/h1-10,19H,11H2. The molecule has 0 bridgehead atoms. The SMILES string of the molecule is OCc1cc(Cl)ccc1Sc1ccc2ccccc2c1. The summed E-state index contributed by atoms with van der Waals surface area (Å²) in [5, 5.41) is 12.5. The third-order valence-electron chi connectivity index (χ3n) is 3.14. The fraction of sp³-hybridized carbons (Fsp3) is 0.0588. The number of hydrogen-bond acceptors (Lipinski definition) is 2. The van der Waals surface area contributed by atoms with Crippen LogP contribution in [0.15, 0.2) is 70.5 Å². The van der Waals surface area contributed by atoms with E-state index >= 15 is 0 Å². The van der Waals surface area contributed by atoms with E-state index in [4.69, 9.17) is 11.6 Å². The highest BCUT2D eigenvalue weighted by Crippen LogP contribution is 2.33. The number of fused-ring (bicyclic) bond motifs is 1. The topological polar surface area (TPSA) is 20.2 Å². The normalized spacial score (nSPS) is 10.9. The van der Waals surface area contributed by atoms with Crippen LogP contribution in [-0.4, -0.2) is 5.11 Å². The van der Waals surface area contributed by atoms with E-state index in [1.807, 2.05) is 30.3 Å². The van der Waals surface area contributed by atoms with Crippen molar-refractivity contribution in [2.45, 2.75) is 16.4 Å². The molecule has 0 aliphatic heterocycles. The number of halogens is 1. The highest BCUT2D eigenvalue weighted by atomic mass is 35.5. The van der Waals surface area contributed by atoms with Gasteiger partial charge in [0.1, 0.15) is 0 Å². The van der Waals surface area contributed by atoms with Crippen molar-refractivity contribution < 1.29 is 5.11 Å². The molecular weight excluding hydrogens is 288 g/mol. The molecule has 3 aromatic carbocycles. The van der Waals surface area contributed by atoms with E-state index in [-0.39, 0.29) is 6.61 Å². The largest absolute Gasteiger partial charge is 0.392 e. The lowest BCUT2D eigenvalue weighted by molar-refractivity contribution is 0.279. The molecule has 20 heavy (non-hydrogen) atoms. The molecule has 0 saturated heterocycles. The van der Waals surface area contributed by atoms with Crippen LogP contribution < -0.4 is 0 Å². The molecule has 0 spiro atoms. The number of hydrogen-bond donors (Lipinski definition) is 1. The zero-order valence-electron chi connectivity index (χ0n) is 10.7. The zero-order valence-corrected chi connectivity index (χ0v) is 12.3. The summed E-state index contributed by atoms with van der Waals surface area (Å²) >= 11 is 7.60. The maximum absolute atomic E-state index is 9.42. The van der Waals surface area contributed by atoms with Gasteiger partial charge in [-0.1, -0.05) is 53.7 Å². The summed E-state index contributed by atoms with van der Waals surface area (Å²) in [6, 6.07) is 20.3. The third kappa shape index (κ3) is 2.83. The monoisotopic (exact) mass is 300 g/mol. The Labute approximate surface area is 127 Å². The lowest BCUT2D eigenvalue weighted by Crippen LogP contribution is -1.87. The van der Waals surface area contributed by atoms with Crippen LogP contribution in [0.5, 0.6) is 0 Å². The van der Waals surface area contributed by atoms with Gasteiger partial charge in [-0.15, -0.1) is 0 Å². The van der Waals surface area contributed by atoms with Crippen molar-refractivity contribution in [1.29, 1.82) is 0 Å². The van der Waals surface area contributed by atoms with Crippen molar-refractivity contribution in [2.24, 2.45) is 0 Å². The van der Waals surface area contributed by atoms with Gasteiger partial charge in [0.05, 0.1) is 6.61 Å². The van der Waals surface area contributed by atoms with Crippen LogP contribution in [-0.2, 0) is 6.61 Å². The van der Waals surface area contributed by atoms with Gasteiger partial charge in [0.25, 0.3) is 0 Å². The minimum Gasteiger partial charge on any atom is -0.392 e. The van der Waals surface area contributed by atoms with Gasteiger partial charge in [-0.3, -0.25) is 0 Å². The molecule has 0 atom stereocenters. The van der Waals surface area contributed by atoms with Gasteiger partial charge in [-0.25, -0.2) is 0 Å². The molecule has 3 aromatic rings. The average molecular weight is 301 g/mol. The predicted octanol–water partition coefficient (Wildman–Crippen LogP) is 5.14. The first-order valence-corrected chi connectivity index (χ1v) is 7.51. The summed E-state index contributed by atoms with van der Waals surface area (Å²) in [7, 11) is 0. The van der Waals surface area contributed by atoms with E-state index in [1.165, 1.54) is 10.8 Å². The number of rotatable bonds is 3. The number of aliphatic hydroxyl groups excluding tert-OH is 1. The summed E-state index contributed by atoms with van der Waals surface area (Å²) in [5.41, 5.74) is 0.857. The van der Waals surface area contributed by atoms with E-state index in [0.29, 0.717) is 5.02 Å². The van der Waals surface area contributed by atoms with E-state index < -0.39 is 0 Å². The zero-order chi connectivity index (χ0) is 13.9. The Morgan fingerprint density at radius 1 is 0.900 bits per heavy atom. The molecule has 0 fully saturated rings. The van der Waals surface area contributed by atoms with Crippen LogP contribution in [0.3, 0.4) is 0 Å². The molecule has 3 heteroatoms. The molecule has 1 nitrogen and oxygen atoms in total. The maximum Gasteiger partial charge on any atom is 0.0693 e. The smallest absolute Gasteiger partial charge is 0.0693 e. The third-order valence-corrected chi connectivity index (χ3v) is 4.48. The second-order valence-electron chi connectivity index (χ2n) is 4.52. The van der Waals surface area contributed by atoms with Gasteiger partial charge in [-0.2, -0.15) is 0 Å². The van der Waals surface area contributed by atoms with Crippen molar-refractivity contribution in [2.75, 3.05) is 0 Å². The first-order chi connectivity index (χ1) is 9.76. The van der Waals surface area contributed by atoms with Crippen LogP contribution in [0, 0.1) is 0 Å². The molecule has 0 unspecified atom stereocenters. The Balaban J connectivity index is 1.96. The second-order valence-corrected chi connectivity index (χ2v) is 6.07. The Morgan fingerprint density at radius 3 is 2.50 bits per heavy atom. The van der Waals surface area contributed by atoms with Crippen molar-refractivity contribution in [1.82, 2.24) is 0 Å². The van der Waals surface area contributed by atoms with Gasteiger partial charge >= 0.3 is 0 Å². The molecule has 0 saturated carbocycles. The van der Waals surface area contributed by atoms with Crippen molar-refractivity contribution in [3.63, 3.8) is 0 Å². The van der Waals surface area contributed by atoms with Gasteiger partial charge in [0, 0.05) is 14.8 Å². The van der Waals surface area contributed by atoms with E-state index in [1.54, 1.807) is 11.8 Å². The first-order valence-electron chi connectivity index (χ1n) is 6.32. The van der Waals surface area contributed by atoms with Crippen molar-refractivity contribution in [3.8, 4) is 0 Å². The molecule has 1 N–H and O–H groups in total. The molecule has 0 aromatic heterocycles. The van der Waals surface area contributed by atoms with Crippen LogP contribution >= 0.6 is 23.4 Å². The van der Waals surface area contributed by atoms with Gasteiger partial charge in [-0.05, 0) is 46.7 Å². The Bertz CT molecular complexity index is 755. The fourth-order valence-corrected chi connectivity index (χ4v) is 3.29. The molecule has 0 heterocycles. The maximum atomic E-state index is 9.42. The summed E-state index contributed by atoms with van der Waals surface area (Å²) in [4.78, 5) is 2.19. The highest BCUT2D eigenvalue weighted by Gasteiger charge is 2.05. The van der Waals surface area contributed by atoms with Crippen molar-refractivity contribution >= 4 is 34.1 Å². The average Bonchev–Trinajstić information content (AvgIpc) is 2.49. The van der Waals surface area contributed by atoms with Gasteiger partial charge < -0.3 is 5.11 Å². The molecule has 0 amide bonds. The van der Waals surface area contributed by atoms with Crippen LogP contribution in [0.4, 0.5) is 0 Å². The molecule has 0 aliphatic rings. The summed E-state index contributed by atoms with van der Waals surface area (Å²) in [6.45, 7) is -0.00350. The lowest BCUT2D eigenvalue weighted by atomic mass is 10.1. The number of benzene rings is 3. The number of aliphatic hydroxyl groups is 1. The molecule has 0 radical (unpaired) electrons. The highest BCUT2D eigenvalue weighted by molar-refractivity contribution is 7.99. The van der Waals surface area contributed by atoms with Gasteiger partial charge in [0.15, 0.2) is 0 Å². The second kappa shape index (κ2) is 5.88. The van der Waals surface area contributed by atoms with E-state index in [9.17, 15) is 5.11 Å². The summed E-state index contributed by atoms with van der Waals surface area (Å²) in [5.74, 6) is 0. The quantitative estimate of drug-likeness (QED) is 0.723. The van der Waals surface area contributed by atoms with E-state index in [0.717, 1.165) is 15.4 Å². The van der Waals surface area contributed by atoms with Crippen LogP contribution in [0.1, 0.15) is 5.56 Å². The van der Waals surface area contributed by atoms with Crippen LogP contribution in [0.25, 0.3) is 10.8 Å².